The van der Waals surface area contributed by atoms with E-state index in [9.17, 15) is 14.3 Å². The number of aromatic nitrogens is 3. The number of ether oxygens (including phenoxy) is 3. The quantitative estimate of drug-likeness (QED) is 0.142. The second-order valence-corrected chi connectivity index (χ2v) is 13.9. The highest BCUT2D eigenvalue weighted by Gasteiger charge is 2.37. The number of benzene rings is 2. The van der Waals surface area contributed by atoms with Crippen LogP contribution in [0.25, 0.3) is 28.0 Å². The Morgan fingerprint density at radius 3 is 2.47 bits per heavy atom. The smallest absolute Gasteiger partial charge is 0.337 e. The van der Waals surface area contributed by atoms with Crippen LogP contribution in [-0.2, 0) is 14.3 Å². The Balaban J connectivity index is 1.62. The molecule has 2 aromatic heterocycles. The van der Waals surface area contributed by atoms with Crippen LogP contribution in [0.15, 0.2) is 73.8 Å². The van der Waals surface area contributed by atoms with Gasteiger partial charge in [0.05, 0.1) is 35.2 Å². The first kappa shape index (κ1) is 35.8. The Kier molecular flexibility index (Phi) is 10.6. The molecular weight excluding hydrogens is 623 g/mol. The third-order valence-corrected chi connectivity index (χ3v) is 8.67. The van der Waals surface area contributed by atoms with Crippen molar-refractivity contribution in [2.24, 2.45) is 0 Å². The van der Waals surface area contributed by atoms with Gasteiger partial charge in [0.25, 0.3) is 0 Å². The third-order valence-electron chi connectivity index (χ3n) is 8.67. The molecule has 260 valence electrons. The first-order valence-electron chi connectivity index (χ1n) is 16.7. The highest BCUT2D eigenvalue weighted by atomic mass is 19.1. The number of aryl methyl sites for hydroxylation is 1. The number of aliphatic carboxylic acids is 1. The van der Waals surface area contributed by atoms with Gasteiger partial charge in [0, 0.05) is 48.5 Å². The van der Waals surface area contributed by atoms with Crippen molar-refractivity contribution in [3.8, 4) is 28.1 Å². The molecule has 1 aliphatic rings. The fraction of sp³-hybridized carbons (Fsp3) is 0.410. The first-order chi connectivity index (χ1) is 23.2. The Labute approximate surface area is 288 Å². The zero-order chi connectivity index (χ0) is 35.5. The second kappa shape index (κ2) is 14.5. The molecule has 2 atom stereocenters. The number of carboxylic acid groups (broad SMARTS) is 1. The van der Waals surface area contributed by atoms with Gasteiger partial charge in [0.1, 0.15) is 17.4 Å². The largest absolute Gasteiger partial charge is 0.490 e. The summed E-state index contributed by atoms with van der Waals surface area (Å²) in [6.45, 7) is 20.6. The Bertz CT molecular complexity index is 1840. The van der Waals surface area contributed by atoms with Crippen LogP contribution in [0.1, 0.15) is 71.2 Å². The number of rotatable bonds is 13. The number of piperidine rings is 1. The summed E-state index contributed by atoms with van der Waals surface area (Å²) in [5.41, 5.74) is 3.58. The highest BCUT2D eigenvalue weighted by Crippen LogP contribution is 2.39. The van der Waals surface area contributed by atoms with Crippen LogP contribution < -0.4 is 9.64 Å². The number of carboxylic acids is 1. The summed E-state index contributed by atoms with van der Waals surface area (Å²) in [6.07, 6.45) is 4.15. The number of halogens is 1. The van der Waals surface area contributed by atoms with Crippen LogP contribution in [0, 0.1) is 12.7 Å². The molecule has 0 saturated carbocycles. The Morgan fingerprint density at radius 1 is 1.10 bits per heavy atom. The van der Waals surface area contributed by atoms with Crippen molar-refractivity contribution in [2.75, 3.05) is 24.6 Å². The zero-order valence-electron chi connectivity index (χ0n) is 29.3. The molecule has 1 saturated heterocycles. The summed E-state index contributed by atoms with van der Waals surface area (Å²) in [7, 11) is 0. The molecule has 0 spiro atoms. The number of hydrogen-bond donors (Lipinski definition) is 1. The van der Waals surface area contributed by atoms with E-state index in [2.05, 4.69) is 25.0 Å². The molecule has 1 aliphatic heterocycles. The van der Waals surface area contributed by atoms with Crippen LogP contribution in [0.4, 0.5) is 10.2 Å². The van der Waals surface area contributed by atoms with Crippen molar-refractivity contribution in [1.29, 1.82) is 0 Å². The molecule has 9 nitrogen and oxygen atoms in total. The van der Waals surface area contributed by atoms with E-state index >= 15 is 0 Å². The standard InChI is InChI=1S/C39H47FN4O5/c1-9-12-25(3)48-32-23-29(40)15-16-30(32)27-13-11-14-28(22-27)31-24-33-41-26(4)34(35(37(45)46)49-38(5,6)7)36(44(33)42-31)43-19-17-39(8,18-20-43)47-21-10-2/h9-11,13-16,22-25,35H,1-2,12,17-21H2,3-8H3,(H,45,46)/t25?,35-/m0/s1. The molecular formula is C39H47FN4O5. The van der Waals surface area contributed by atoms with E-state index in [0.29, 0.717) is 60.3 Å². The molecule has 3 heterocycles. The lowest BCUT2D eigenvalue weighted by molar-refractivity contribution is -0.160. The van der Waals surface area contributed by atoms with Crippen LogP contribution in [0.3, 0.4) is 0 Å². The topological polar surface area (TPSA) is 98.4 Å². The molecule has 1 unspecified atom stereocenters. The molecule has 1 N–H and O–H groups in total. The molecule has 0 aliphatic carbocycles. The Morgan fingerprint density at radius 2 is 1.82 bits per heavy atom. The summed E-state index contributed by atoms with van der Waals surface area (Å²) in [4.78, 5) is 19.8. The van der Waals surface area contributed by atoms with Gasteiger partial charge < -0.3 is 24.2 Å². The van der Waals surface area contributed by atoms with Crippen LogP contribution in [0.2, 0.25) is 0 Å². The molecule has 1 fully saturated rings. The van der Waals surface area contributed by atoms with Crippen molar-refractivity contribution in [2.45, 2.75) is 84.2 Å². The van der Waals surface area contributed by atoms with Crippen molar-refractivity contribution in [3.63, 3.8) is 0 Å². The van der Waals surface area contributed by atoms with Crippen molar-refractivity contribution in [1.82, 2.24) is 14.6 Å². The van der Waals surface area contributed by atoms with Gasteiger partial charge in [0.15, 0.2) is 11.8 Å². The molecule has 0 bridgehead atoms. The molecule has 0 radical (unpaired) electrons. The number of nitrogens with zero attached hydrogens (tertiary/aromatic N) is 4. The molecule has 4 aromatic rings. The SMILES string of the molecule is C=CCOC1(C)CCN(c2c([C@H](OC(C)(C)C)C(=O)O)c(C)nc3cc(-c4cccc(-c5ccc(F)cc5OC(C)CC=C)c4)nn23)CC1. The number of carbonyl (C=O) groups is 1. The predicted octanol–water partition coefficient (Wildman–Crippen LogP) is 8.36. The van der Waals surface area contributed by atoms with Crippen molar-refractivity contribution >= 4 is 17.4 Å². The monoisotopic (exact) mass is 670 g/mol. The van der Waals surface area contributed by atoms with E-state index in [0.717, 1.165) is 29.5 Å². The summed E-state index contributed by atoms with van der Waals surface area (Å²) < 4.78 is 34.5. The third kappa shape index (κ3) is 8.20. The normalized spacial score (nSPS) is 15.9. The van der Waals surface area contributed by atoms with E-state index in [1.807, 2.05) is 65.0 Å². The van der Waals surface area contributed by atoms with Gasteiger partial charge in [-0.1, -0.05) is 30.4 Å². The fourth-order valence-corrected chi connectivity index (χ4v) is 6.23. The maximum atomic E-state index is 14.3. The van der Waals surface area contributed by atoms with Gasteiger partial charge in [-0.2, -0.15) is 9.61 Å². The van der Waals surface area contributed by atoms with E-state index in [4.69, 9.17) is 24.3 Å². The van der Waals surface area contributed by atoms with Gasteiger partial charge in [-0.3, -0.25) is 0 Å². The average molecular weight is 671 g/mol. The molecule has 2 aromatic carbocycles. The zero-order valence-corrected chi connectivity index (χ0v) is 29.3. The maximum Gasteiger partial charge on any atom is 0.337 e. The molecule has 49 heavy (non-hydrogen) atoms. The van der Waals surface area contributed by atoms with Crippen molar-refractivity contribution in [3.05, 3.63) is 90.9 Å². The van der Waals surface area contributed by atoms with E-state index < -0.39 is 17.7 Å². The summed E-state index contributed by atoms with van der Waals surface area (Å²) >= 11 is 0. The summed E-state index contributed by atoms with van der Waals surface area (Å²) in [5.74, 6) is -0.404. The van der Waals surface area contributed by atoms with Gasteiger partial charge in [-0.25, -0.2) is 14.2 Å². The van der Waals surface area contributed by atoms with Crippen LogP contribution in [-0.4, -0.2) is 62.7 Å². The predicted molar refractivity (Wildman–Crippen MR) is 191 cm³/mol. The van der Waals surface area contributed by atoms with E-state index in [1.165, 1.54) is 12.1 Å². The van der Waals surface area contributed by atoms with Crippen molar-refractivity contribution < 1.29 is 28.5 Å². The first-order valence-corrected chi connectivity index (χ1v) is 16.7. The average Bonchev–Trinajstić information content (AvgIpc) is 3.46. The summed E-state index contributed by atoms with van der Waals surface area (Å²) in [5, 5.41) is 15.5. The highest BCUT2D eigenvalue weighted by molar-refractivity contribution is 5.80. The summed E-state index contributed by atoms with van der Waals surface area (Å²) in [6, 6.07) is 14.2. The molecule has 5 rings (SSSR count). The Hall–Kier alpha value is -4.54. The van der Waals surface area contributed by atoms with Gasteiger partial charge in [-0.05, 0) is 78.1 Å². The number of hydrogen-bond acceptors (Lipinski definition) is 7. The lowest BCUT2D eigenvalue weighted by atomic mass is 9.92. The number of anilines is 1. The maximum absolute atomic E-state index is 14.3. The van der Waals surface area contributed by atoms with E-state index in [-0.39, 0.29) is 17.5 Å². The minimum Gasteiger partial charge on any atom is -0.490 e. The lowest BCUT2D eigenvalue weighted by Gasteiger charge is -2.41. The van der Waals surface area contributed by atoms with Crippen LogP contribution in [0.5, 0.6) is 5.75 Å². The molecule has 0 amide bonds. The van der Waals surface area contributed by atoms with Gasteiger partial charge in [0.2, 0.25) is 0 Å². The van der Waals surface area contributed by atoms with Gasteiger partial charge >= 0.3 is 5.97 Å². The van der Waals surface area contributed by atoms with Gasteiger partial charge in [-0.15, -0.1) is 13.2 Å². The number of fused-ring (bicyclic) bond motifs is 1. The fourth-order valence-electron chi connectivity index (χ4n) is 6.23. The lowest BCUT2D eigenvalue weighted by Crippen LogP contribution is -2.45. The van der Waals surface area contributed by atoms with Crippen LogP contribution >= 0.6 is 0 Å². The minimum atomic E-state index is -1.27. The minimum absolute atomic E-state index is 0.181. The molecule has 10 heteroatoms. The second-order valence-electron chi connectivity index (χ2n) is 13.9. The van der Waals surface area contributed by atoms with E-state index in [1.54, 1.807) is 22.7 Å².